The second kappa shape index (κ2) is 8.16. The highest BCUT2D eigenvalue weighted by molar-refractivity contribution is 5.84. The van der Waals surface area contributed by atoms with E-state index in [-0.39, 0.29) is 17.6 Å². The van der Waals surface area contributed by atoms with E-state index in [1.165, 1.54) is 6.07 Å². The third-order valence-electron chi connectivity index (χ3n) is 6.82. The van der Waals surface area contributed by atoms with Crippen LogP contribution in [-0.4, -0.2) is 56.9 Å². The number of rotatable bonds is 4. The van der Waals surface area contributed by atoms with Crippen LogP contribution >= 0.6 is 0 Å². The largest absolute Gasteiger partial charge is 0.373 e. The van der Waals surface area contributed by atoms with Gasteiger partial charge in [0, 0.05) is 88.7 Å². The van der Waals surface area contributed by atoms with Gasteiger partial charge in [0.1, 0.15) is 17.5 Å². The number of hydrogen-bond acceptors (Lipinski definition) is 5. The summed E-state index contributed by atoms with van der Waals surface area (Å²) < 4.78 is 15.9. The van der Waals surface area contributed by atoms with Crippen LogP contribution in [0.1, 0.15) is 41.9 Å². The van der Waals surface area contributed by atoms with Crippen molar-refractivity contribution in [2.45, 2.75) is 38.8 Å². The highest BCUT2D eigenvalue weighted by atomic mass is 19.1. The third-order valence-corrected chi connectivity index (χ3v) is 6.82. The first-order valence-electron chi connectivity index (χ1n) is 11.2. The van der Waals surface area contributed by atoms with Gasteiger partial charge in [0.05, 0.1) is 5.69 Å². The molecule has 1 N–H and O–H groups in total. The minimum atomic E-state index is -0.206. The molecule has 1 amide bonds. The van der Waals surface area contributed by atoms with Gasteiger partial charge in [-0.05, 0) is 30.2 Å². The quantitative estimate of drug-likeness (QED) is 0.681. The van der Waals surface area contributed by atoms with Gasteiger partial charge in [-0.2, -0.15) is 0 Å². The smallest absolute Gasteiger partial charge is 0.219 e. The predicted molar refractivity (Wildman–Crippen MR) is 122 cm³/mol. The van der Waals surface area contributed by atoms with Crippen molar-refractivity contribution >= 4 is 22.6 Å². The van der Waals surface area contributed by atoms with Crippen LogP contribution in [0.25, 0.3) is 10.9 Å². The van der Waals surface area contributed by atoms with E-state index in [1.807, 2.05) is 25.1 Å². The van der Waals surface area contributed by atoms with E-state index in [0.29, 0.717) is 6.54 Å². The minimum Gasteiger partial charge on any atom is -0.373 e. The fourth-order valence-corrected chi connectivity index (χ4v) is 5.08. The molecule has 0 spiro atoms. The zero-order valence-corrected chi connectivity index (χ0v) is 18.9. The molecule has 2 aliphatic heterocycles. The zero-order chi connectivity index (χ0) is 22.4. The van der Waals surface area contributed by atoms with E-state index in [1.54, 1.807) is 13.0 Å². The minimum absolute atomic E-state index is 0.114. The molecule has 2 aliphatic rings. The number of likely N-dealkylation sites (tertiary alicyclic amines) is 1. The lowest BCUT2D eigenvalue weighted by Gasteiger charge is -2.29. The molecule has 1 aromatic carbocycles. The fourth-order valence-electron chi connectivity index (χ4n) is 5.08. The molecule has 7 nitrogen and oxygen atoms in total. The molecule has 0 radical (unpaired) electrons. The van der Waals surface area contributed by atoms with E-state index < -0.39 is 0 Å². The van der Waals surface area contributed by atoms with E-state index in [2.05, 4.69) is 21.0 Å². The van der Waals surface area contributed by atoms with Crippen molar-refractivity contribution < 1.29 is 9.18 Å². The molecule has 32 heavy (non-hydrogen) atoms. The summed E-state index contributed by atoms with van der Waals surface area (Å²) in [6.07, 6.45) is 3.85. The standard InChI is InChI=1S/C24H29FN6O/c1-15(32)31-9-6-16(13-31)23-27-21-7-8-30(14-20(21)24(26-2)28-23)12-17-11-29(3)22-5-4-18(25)10-19(17)22/h4-5,10-11,16H,6-9,12-14H2,1-3H3,(H,26,27,28). The van der Waals surface area contributed by atoms with Crippen LogP contribution < -0.4 is 5.32 Å². The fraction of sp³-hybridized carbons (Fsp3) is 0.458. The van der Waals surface area contributed by atoms with Crippen LogP contribution in [0.3, 0.4) is 0 Å². The molecule has 5 rings (SSSR count). The maximum atomic E-state index is 13.9. The van der Waals surface area contributed by atoms with Gasteiger partial charge in [0.15, 0.2) is 0 Å². The van der Waals surface area contributed by atoms with Crippen LogP contribution in [0, 0.1) is 5.82 Å². The Kier molecular flexibility index (Phi) is 5.33. The van der Waals surface area contributed by atoms with Crippen molar-refractivity contribution in [1.82, 2.24) is 24.3 Å². The van der Waals surface area contributed by atoms with Crippen molar-refractivity contribution in [3.8, 4) is 0 Å². The number of hydrogen-bond donors (Lipinski definition) is 1. The Hall–Kier alpha value is -3.00. The average Bonchev–Trinajstić information content (AvgIpc) is 3.39. The molecule has 1 saturated heterocycles. The number of aryl methyl sites for hydroxylation is 1. The molecule has 8 heteroatoms. The lowest BCUT2D eigenvalue weighted by atomic mass is 10.0. The normalized spacial score (nSPS) is 18.9. The van der Waals surface area contributed by atoms with Crippen LogP contribution in [0.4, 0.5) is 10.2 Å². The number of amides is 1. The molecular weight excluding hydrogens is 407 g/mol. The first-order valence-corrected chi connectivity index (χ1v) is 11.2. The Labute approximate surface area is 187 Å². The molecule has 168 valence electrons. The van der Waals surface area contributed by atoms with Gasteiger partial charge in [-0.15, -0.1) is 0 Å². The Morgan fingerprint density at radius 3 is 2.88 bits per heavy atom. The first kappa shape index (κ1) is 20.9. The summed E-state index contributed by atoms with van der Waals surface area (Å²) in [6, 6.07) is 4.98. The number of halogens is 1. The Morgan fingerprint density at radius 2 is 2.12 bits per heavy atom. The van der Waals surface area contributed by atoms with Gasteiger partial charge >= 0.3 is 0 Å². The van der Waals surface area contributed by atoms with E-state index in [9.17, 15) is 9.18 Å². The molecule has 1 unspecified atom stereocenters. The lowest BCUT2D eigenvalue weighted by molar-refractivity contribution is -0.127. The second-order valence-corrected chi connectivity index (χ2v) is 8.94. The highest BCUT2D eigenvalue weighted by Gasteiger charge is 2.30. The van der Waals surface area contributed by atoms with Crippen molar-refractivity contribution in [3.63, 3.8) is 0 Å². The third kappa shape index (κ3) is 3.72. The number of fused-ring (bicyclic) bond motifs is 2. The molecule has 0 aliphatic carbocycles. The van der Waals surface area contributed by atoms with Crippen molar-refractivity contribution in [2.75, 3.05) is 32.0 Å². The van der Waals surface area contributed by atoms with Gasteiger partial charge in [0.2, 0.25) is 5.91 Å². The molecule has 4 heterocycles. The summed E-state index contributed by atoms with van der Waals surface area (Å²) in [5.74, 6) is 1.82. The highest BCUT2D eigenvalue weighted by Crippen LogP contribution is 2.31. The Bertz CT molecular complexity index is 1170. The second-order valence-electron chi connectivity index (χ2n) is 8.94. The van der Waals surface area contributed by atoms with Crippen LogP contribution in [0.15, 0.2) is 24.4 Å². The van der Waals surface area contributed by atoms with Crippen molar-refractivity contribution in [1.29, 1.82) is 0 Å². The van der Waals surface area contributed by atoms with Gasteiger partial charge in [0.25, 0.3) is 0 Å². The van der Waals surface area contributed by atoms with Crippen LogP contribution in [-0.2, 0) is 31.4 Å². The maximum absolute atomic E-state index is 13.9. The molecule has 2 aromatic heterocycles. The van der Waals surface area contributed by atoms with E-state index >= 15 is 0 Å². The van der Waals surface area contributed by atoms with Gasteiger partial charge in [-0.25, -0.2) is 14.4 Å². The molecule has 0 saturated carbocycles. The van der Waals surface area contributed by atoms with Gasteiger partial charge < -0.3 is 14.8 Å². The van der Waals surface area contributed by atoms with E-state index in [0.717, 1.165) is 78.4 Å². The van der Waals surface area contributed by atoms with Crippen LogP contribution in [0.2, 0.25) is 0 Å². The summed E-state index contributed by atoms with van der Waals surface area (Å²) in [5, 5.41) is 4.23. The number of nitrogens with zero attached hydrogens (tertiary/aromatic N) is 5. The predicted octanol–water partition coefficient (Wildman–Crippen LogP) is 3.04. The molecule has 1 fully saturated rings. The summed E-state index contributed by atoms with van der Waals surface area (Å²) in [4.78, 5) is 25.7. The number of aromatic nitrogens is 3. The summed E-state index contributed by atoms with van der Waals surface area (Å²) in [7, 11) is 3.90. The monoisotopic (exact) mass is 436 g/mol. The summed E-state index contributed by atoms with van der Waals surface area (Å²) in [6.45, 7) is 5.48. The maximum Gasteiger partial charge on any atom is 0.219 e. The SMILES string of the molecule is CNc1nc(C2CCN(C(C)=O)C2)nc2c1CN(Cc1cn(C)c3ccc(F)cc13)CC2. The van der Waals surface area contributed by atoms with Crippen molar-refractivity contribution in [2.24, 2.45) is 7.05 Å². The number of nitrogens with one attached hydrogen (secondary N) is 1. The number of carbonyl (C=O) groups excluding carboxylic acids is 1. The number of carbonyl (C=O) groups is 1. The molecule has 1 atom stereocenters. The van der Waals surface area contributed by atoms with Crippen LogP contribution in [0.5, 0.6) is 0 Å². The number of benzene rings is 1. The molecule has 3 aromatic rings. The number of anilines is 1. The molecular formula is C24H29FN6O. The average molecular weight is 437 g/mol. The summed E-state index contributed by atoms with van der Waals surface area (Å²) >= 11 is 0. The van der Waals surface area contributed by atoms with Crippen molar-refractivity contribution in [3.05, 3.63) is 52.9 Å². The van der Waals surface area contributed by atoms with Gasteiger partial charge in [-0.3, -0.25) is 9.69 Å². The summed E-state index contributed by atoms with van der Waals surface area (Å²) in [5.41, 5.74) is 4.40. The van der Waals surface area contributed by atoms with E-state index in [4.69, 9.17) is 9.97 Å². The lowest BCUT2D eigenvalue weighted by Crippen LogP contribution is -2.32. The Balaban J connectivity index is 1.38. The Morgan fingerprint density at radius 1 is 1.28 bits per heavy atom. The molecule has 0 bridgehead atoms. The first-order chi connectivity index (χ1) is 15.4. The van der Waals surface area contributed by atoms with Gasteiger partial charge in [-0.1, -0.05) is 0 Å². The zero-order valence-electron chi connectivity index (χ0n) is 18.9. The topological polar surface area (TPSA) is 66.3 Å².